The van der Waals surface area contributed by atoms with E-state index in [4.69, 9.17) is 4.84 Å². The second-order valence-electron chi connectivity index (χ2n) is 4.57. The highest BCUT2D eigenvalue weighted by Crippen LogP contribution is 2.05. The second kappa shape index (κ2) is 9.47. The largest absolute Gasteiger partial charge is 0.301 e. The Morgan fingerprint density at radius 3 is 2.36 bits per heavy atom. The lowest BCUT2D eigenvalue weighted by atomic mass is 10.1. The molecule has 0 aliphatic rings. The molecule has 14 heavy (non-hydrogen) atoms. The molecule has 0 saturated carbocycles. The van der Waals surface area contributed by atoms with Crippen LogP contribution in [-0.2, 0) is 4.84 Å². The zero-order chi connectivity index (χ0) is 10.8. The molecule has 1 N–H and O–H groups in total. The Morgan fingerprint density at radius 1 is 1.07 bits per heavy atom. The highest BCUT2D eigenvalue weighted by molar-refractivity contribution is 4.54. The Kier molecular flexibility index (Phi) is 9.42. The van der Waals surface area contributed by atoms with Crippen LogP contribution in [0.2, 0.25) is 0 Å². The SMILES string of the molecule is CCCCCCC(C)NOCC(C)C. The normalized spacial score (nSPS) is 13.5. The number of rotatable bonds is 9. The molecule has 0 bridgehead atoms. The molecule has 0 heterocycles. The first-order chi connectivity index (χ1) is 6.66. The van der Waals surface area contributed by atoms with Crippen molar-refractivity contribution in [3.05, 3.63) is 0 Å². The Hall–Kier alpha value is -0.0800. The third kappa shape index (κ3) is 10.0. The van der Waals surface area contributed by atoms with Crippen LogP contribution in [0.25, 0.3) is 0 Å². The van der Waals surface area contributed by atoms with Gasteiger partial charge in [0.2, 0.25) is 0 Å². The minimum Gasteiger partial charge on any atom is -0.301 e. The number of hydroxylamine groups is 1. The first kappa shape index (κ1) is 13.9. The number of unbranched alkanes of at least 4 members (excludes halogenated alkanes) is 3. The molecule has 2 nitrogen and oxygen atoms in total. The number of hydrogen-bond donors (Lipinski definition) is 1. The van der Waals surface area contributed by atoms with Crippen LogP contribution in [0.1, 0.15) is 59.8 Å². The van der Waals surface area contributed by atoms with Crippen molar-refractivity contribution >= 4 is 0 Å². The molecule has 0 amide bonds. The van der Waals surface area contributed by atoms with Crippen LogP contribution in [-0.4, -0.2) is 12.6 Å². The molecule has 0 aromatic rings. The molecule has 86 valence electrons. The van der Waals surface area contributed by atoms with E-state index in [0.717, 1.165) is 6.61 Å². The van der Waals surface area contributed by atoms with E-state index in [2.05, 4.69) is 33.2 Å². The van der Waals surface area contributed by atoms with E-state index in [1.165, 1.54) is 32.1 Å². The maximum atomic E-state index is 5.36. The first-order valence-corrected chi connectivity index (χ1v) is 6.04. The van der Waals surface area contributed by atoms with Gasteiger partial charge in [0.1, 0.15) is 0 Å². The molecule has 0 rings (SSSR count). The van der Waals surface area contributed by atoms with Gasteiger partial charge >= 0.3 is 0 Å². The predicted octanol–water partition coefficient (Wildman–Crippen LogP) is 3.52. The van der Waals surface area contributed by atoms with Gasteiger partial charge in [-0.3, -0.25) is 0 Å². The maximum absolute atomic E-state index is 5.36. The van der Waals surface area contributed by atoms with E-state index in [9.17, 15) is 0 Å². The summed E-state index contributed by atoms with van der Waals surface area (Å²) < 4.78 is 0. The third-order valence-electron chi connectivity index (χ3n) is 2.19. The highest BCUT2D eigenvalue weighted by atomic mass is 16.6. The minimum atomic E-state index is 0.491. The molecule has 0 aliphatic carbocycles. The van der Waals surface area contributed by atoms with Gasteiger partial charge in [-0.25, -0.2) is 0 Å². The fourth-order valence-corrected chi connectivity index (χ4v) is 1.29. The van der Waals surface area contributed by atoms with Crippen molar-refractivity contribution in [1.82, 2.24) is 5.48 Å². The standard InChI is InChI=1S/C12H27NO/c1-5-6-7-8-9-12(4)13-14-10-11(2)3/h11-13H,5-10H2,1-4H3. The number of nitrogens with one attached hydrogen (secondary N) is 1. The summed E-state index contributed by atoms with van der Waals surface area (Å²) in [6.45, 7) is 9.56. The van der Waals surface area contributed by atoms with E-state index < -0.39 is 0 Å². The van der Waals surface area contributed by atoms with Crippen molar-refractivity contribution in [3.8, 4) is 0 Å². The lowest BCUT2D eigenvalue weighted by Gasteiger charge is -2.14. The molecule has 0 aromatic carbocycles. The minimum absolute atomic E-state index is 0.491. The summed E-state index contributed by atoms with van der Waals surface area (Å²) >= 11 is 0. The van der Waals surface area contributed by atoms with Gasteiger partial charge in [-0.1, -0.05) is 46.5 Å². The van der Waals surface area contributed by atoms with Gasteiger partial charge in [0.15, 0.2) is 0 Å². The smallest absolute Gasteiger partial charge is 0.0705 e. The van der Waals surface area contributed by atoms with Crippen LogP contribution in [0.5, 0.6) is 0 Å². The van der Waals surface area contributed by atoms with E-state index in [0.29, 0.717) is 12.0 Å². The fourth-order valence-electron chi connectivity index (χ4n) is 1.29. The van der Waals surface area contributed by atoms with Gasteiger partial charge in [0.25, 0.3) is 0 Å². The summed E-state index contributed by atoms with van der Waals surface area (Å²) in [5.41, 5.74) is 3.09. The van der Waals surface area contributed by atoms with Crippen LogP contribution >= 0.6 is 0 Å². The van der Waals surface area contributed by atoms with Crippen molar-refractivity contribution < 1.29 is 4.84 Å². The Labute approximate surface area is 89.4 Å². The highest BCUT2D eigenvalue weighted by Gasteiger charge is 2.01. The average Bonchev–Trinajstić information content (AvgIpc) is 2.12. The Bertz CT molecular complexity index is 115. The van der Waals surface area contributed by atoms with Crippen LogP contribution in [0.3, 0.4) is 0 Å². The first-order valence-electron chi connectivity index (χ1n) is 6.04. The van der Waals surface area contributed by atoms with Gasteiger partial charge in [-0.2, -0.15) is 5.48 Å². The quantitative estimate of drug-likeness (QED) is 0.455. The van der Waals surface area contributed by atoms with E-state index in [1.807, 2.05) is 0 Å². The summed E-state index contributed by atoms with van der Waals surface area (Å²) in [6.07, 6.45) is 6.56. The Morgan fingerprint density at radius 2 is 1.79 bits per heavy atom. The zero-order valence-corrected chi connectivity index (χ0v) is 10.3. The summed E-state index contributed by atoms with van der Waals surface area (Å²) in [7, 11) is 0. The molecule has 0 aliphatic heterocycles. The Balaban J connectivity index is 3.15. The molecule has 0 spiro atoms. The van der Waals surface area contributed by atoms with Crippen molar-refractivity contribution in [3.63, 3.8) is 0 Å². The topological polar surface area (TPSA) is 21.3 Å². The third-order valence-corrected chi connectivity index (χ3v) is 2.19. The molecule has 0 fully saturated rings. The van der Waals surface area contributed by atoms with Crippen molar-refractivity contribution in [2.75, 3.05) is 6.61 Å². The molecular formula is C12H27NO. The van der Waals surface area contributed by atoms with Gasteiger partial charge in [0, 0.05) is 6.04 Å². The number of hydrogen-bond acceptors (Lipinski definition) is 2. The van der Waals surface area contributed by atoms with Crippen LogP contribution in [0, 0.1) is 5.92 Å². The van der Waals surface area contributed by atoms with Crippen LogP contribution < -0.4 is 5.48 Å². The maximum Gasteiger partial charge on any atom is 0.0705 e. The summed E-state index contributed by atoms with van der Waals surface area (Å²) in [4.78, 5) is 5.36. The average molecular weight is 201 g/mol. The summed E-state index contributed by atoms with van der Waals surface area (Å²) in [5, 5.41) is 0. The summed E-state index contributed by atoms with van der Waals surface area (Å²) in [5.74, 6) is 0.606. The van der Waals surface area contributed by atoms with Crippen LogP contribution in [0.15, 0.2) is 0 Å². The summed E-state index contributed by atoms with van der Waals surface area (Å²) in [6, 6.07) is 0.491. The molecule has 0 radical (unpaired) electrons. The lowest BCUT2D eigenvalue weighted by molar-refractivity contribution is 0.00254. The molecule has 0 aromatic heterocycles. The molecule has 2 heteroatoms. The van der Waals surface area contributed by atoms with Crippen molar-refractivity contribution in [2.24, 2.45) is 5.92 Å². The van der Waals surface area contributed by atoms with Crippen LogP contribution in [0.4, 0.5) is 0 Å². The molecular weight excluding hydrogens is 174 g/mol. The zero-order valence-electron chi connectivity index (χ0n) is 10.3. The van der Waals surface area contributed by atoms with Crippen molar-refractivity contribution in [2.45, 2.75) is 65.8 Å². The fraction of sp³-hybridized carbons (Fsp3) is 1.00. The van der Waals surface area contributed by atoms with E-state index in [1.54, 1.807) is 0 Å². The second-order valence-corrected chi connectivity index (χ2v) is 4.57. The van der Waals surface area contributed by atoms with Gasteiger partial charge in [0.05, 0.1) is 6.61 Å². The van der Waals surface area contributed by atoms with E-state index in [-0.39, 0.29) is 0 Å². The lowest BCUT2D eigenvalue weighted by Crippen LogP contribution is -2.27. The van der Waals surface area contributed by atoms with Gasteiger partial charge in [-0.15, -0.1) is 0 Å². The molecule has 0 saturated heterocycles. The van der Waals surface area contributed by atoms with E-state index >= 15 is 0 Å². The van der Waals surface area contributed by atoms with Gasteiger partial charge < -0.3 is 4.84 Å². The monoisotopic (exact) mass is 201 g/mol. The van der Waals surface area contributed by atoms with Crippen molar-refractivity contribution in [1.29, 1.82) is 0 Å². The van der Waals surface area contributed by atoms with Gasteiger partial charge in [-0.05, 0) is 19.3 Å². The predicted molar refractivity (Wildman–Crippen MR) is 62.1 cm³/mol. The molecule has 1 unspecified atom stereocenters. The molecule has 1 atom stereocenters.